The maximum atomic E-state index is 3.52. The molecule has 1 fully saturated rings. The Morgan fingerprint density at radius 1 is 1.11 bits per heavy atom. The third-order valence-electron chi connectivity index (χ3n) is 3.63. The minimum atomic E-state index is 0.862. The Balaban J connectivity index is 1.52. The van der Waals surface area contributed by atoms with Gasteiger partial charge in [0.25, 0.3) is 0 Å². The Morgan fingerprint density at radius 3 is 2.50 bits per heavy atom. The number of benzene rings is 1. The standard InChI is InChI=1S/C16H19NS/c1-12-10-18-11-16(12)9-17-8-13-2-4-14(5-3-13)15-6-7-15/h2-5,10-11,15,17H,6-9H2,1H3. The van der Waals surface area contributed by atoms with E-state index in [1.807, 2.05) is 0 Å². The normalized spacial score (nSPS) is 14.9. The van der Waals surface area contributed by atoms with Gasteiger partial charge in [-0.25, -0.2) is 0 Å². The molecule has 1 aliphatic rings. The highest BCUT2D eigenvalue weighted by molar-refractivity contribution is 7.08. The first-order valence-corrected chi connectivity index (χ1v) is 7.58. The van der Waals surface area contributed by atoms with Crippen molar-refractivity contribution in [3.05, 3.63) is 57.3 Å². The molecule has 1 aromatic heterocycles. The zero-order valence-corrected chi connectivity index (χ0v) is 11.6. The Morgan fingerprint density at radius 2 is 1.89 bits per heavy atom. The Labute approximate surface area is 113 Å². The summed E-state index contributed by atoms with van der Waals surface area (Å²) in [6.07, 6.45) is 2.77. The molecule has 2 aromatic rings. The summed E-state index contributed by atoms with van der Waals surface area (Å²) in [6.45, 7) is 4.11. The van der Waals surface area contributed by atoms with E-state index >= 15 is 0 Å². The van der Waals surface area contributed by atoms with Gasteiger partial charge >= 0.3 is 0 Å². The predicted octanol–water partition coefficient (Wildman–Crippen LogP) is 4.22. The van der Waals surface area contributed by atoms with Crippen LogP contribution in [0.5, 0.6) is 0 Å². The van der Waals surface area contributed by atoms with Gasteiger partial charge in [0.05, 0.1) is 0 Å². The number of rotatable bonds is 5. The predicted molar refractivity (Wildman–Crippen MR) is 78.0 cm³/mol. The molecule has 0 aliphatic heterocycles. The molecule has 1 saturated carbocycles. The lowest BCUT2D eigenvalue weighted by molar-refractivity contribution is 0.692. The molecule has 18 heavy (non-hydrogen) atoms. The fourth-order valence-corrected chi connectivity index (χ4v) is 3.09. The average Bonchev–Trinajstić information content (AvgIpc) is 3.16. The molecule has 1 heterocycles. The zero-order valence-electron chi connectivity index (χ0n) is 10.8. The lowest BCUT2D eigenvalue weighted by Gasteiger charge is -2.06. The van der Waals surface area contributed by atoms with Gasteiger partial charge in [0.1, 0.15) is 0 Å². The van der Waals surface area contributed by atoms with Crippen molar-refractivity contribution in [2.45, 2.75) is 38.8 Å². The third kappa shape index (κ3) is 2.82. The quantitative estimate of drug-likeness (QED) is 0.845. The summed E-state index contributed by atoms with van der Waals surface area (Å²) in [5.41, 5.74) is 5.73. The minimum Gasteiger partial charge on any atom is -0.309 e. The highest BCUT2D eigenvalue weighted by Gasteiger charge is 2.22. The van der Waals surface area contributed by atoms with E-state index in [0.29, 0.717) is 0 Å². The van der Waals surface area contributed by atoms with E-state index in [1.54, 1.807) is 11.3 Å². The number of hydrogen-bond donors (Lipinski definition) is 1. The van der Waals surface area contributed by atoms with E-state index in [4.69, 9.17) is 0 Å². The smallest absolute Gasteiger partial charge is 0.0219 e. The van der Waals surface area contributed by atoms with E-state index < -0.39 is 0 Å². The first kappa shape index (κ1) is 11.9. The van der Waals surface area contributed by atoms with Crippen LogP contribution in [0.25, 0.3) is 0 Å². The van der Waals surface area contributed by atoms with Crippen LogP contribution in [0.4, 0.5) is 0 Å². The second-order valence-electron chi connectivity index (χ2n) is 5.20. The van der Waals surface area contributed by atoms with Crippen molar-refractivity contribution in [1.29, 1.82) is 0 Å². The molecule has 1 aromatic carbocycles. The fraction of sp³-hybridized carbons (Fsp3) is 0.375. The molecule has 0 amide bonds. The maximum absolute atomic E-state index is 3.52. The van der Waals surface area contributed by atoms with Gasteiger partial charge in [0.15, 0.2) is 0 Å². The Hall–Kier alpha value is -1.12. The summed E-state index contributed by atoms with van der Waals surface area (Å²) in [5, 5.41) is 7.96. The zero-order chi connectivity index (χ0) is 12.4. The Kier molecular flexibility index (Phi) is 3.48. The largest absolute Gasteiger partial charge is 0.309 e. The summed E-state index contributed by atoms with van der Waals surface area (Å²) < 4.78 is 0. The van der Waals surface area contributed by atoms with Crippen molar-refractivity contribution in [2.24, 2.45) is 0 Å². The van der Waals surface area contributed by atoms with Crippen LogP contribution >= 0.6 is 11.3 Å². The van der Waals surface area contributed by atoms with E-state index in [-0.39, 0.29) is 0 Å². The molecule has 0 atom stereocenters. The molecule has 3 rings (SSSR count). The molecule has 1 nitrogen and oxygen atoms in total. The minimum absolute atomic E-state index is 0.862. The van der Waals surface area contributed by atoms with Crippen molar-refractivity contribution >= 4 is 11.3 Å². The molecule has 0 radical (unpaired) electrons. The second-order valence-corrected chi connectivity index (χ2v) is 5.94. The highest BCUT2D eigenvalue weighted by atomic mass is 32.1. The number of thiophene rings is 1. The fourth-order valence-electron chi connectivity index (χ4n) is 2.23. The van der Waals surface area contributed by atoms with Crippen molar-refractivity contribution in [2.75, 3.05) is 0 Å². The first-order valence-electron chi connectivity index (χ1n) is 6.64. The SMILES string of the molecule is Cc1cscc1CNCc1ccc(C2CC2)cc1. The maximum Gasteiger partial charge on any atom is 0.0219 e. The summed E-state index contributed by atoms with van der Waals surface area (Å²) >= 11 is 1.78. The van der Waals surface area contributed by atoms with Gasteiger partial charge in [-0.15, -0.1) is 0 Å². The van der Waals surface area contributed by atoms with E-state index in [2.05, 4.69) is 47.3 Å². The molecule has 0 bridgehead atoms. The van der Waals surface area contributed by atoms with Crippen LogP contribution in [0.2, 0.25) is 0 Å². The average molecular weight is 257 g/mol. The van der Waals surface area contributed by atoms with Gasteiger partial charge < -0.3 is 5.32 Å². The lowest BCUT2D eigenvalue weighted by Crippen LogP contribution is -2.12. The van der Waals surface area contributed by atoms with Gasteiger partial charge in [-0.3, -0.25) is 0 Å². The molecular formula is C16H19NS. The van der Waals surface area contributed by atoms with Crippen molar-refractivity contribution in [3.63, 3.8) is 0 Å². The summed E-state index contributed by atoms with van der Waals surface area (Å²) in [6, 6.07) is 9.12. The van der Waals surface area contributed by atoms with Gasteiger partial charge in [-0.05, 0) is 58.7 Å². The molecular weight excluding hydrogens is 238 g/mol. The van der Waals surface area contributed by atoms with Gasteiger partial charge in [-0.1, -0.05) is 24.3 Å². The topological polar surface area (TPSA) is 12.0 Å². The lowest BCUT2D eigenvalue weighted by atomic mass is 10.1. The van der Waals surface area contributed by atoms with Crippen LogP contribution in [0.1, 0.15) is 41.0 Å². The highest BCUT2D eigenvalue weighted by Crippen LogP contribution is 2.39. The van der Waals surface area contributed by atoms with E-state index in [1.165, 1.54) is 35.1 Å². The molecule has 2 heteroatoms. The van der Waals surface area contributed by atoms with Crippen molar-refractivity contribution < 1.29 is 0 Å². The van der Waals surface area contributed by atoms with Gasteiger partial charge in [-0.2, -0.15) is 11.3 Å². The Bertz CT molecular complexity index is 508. The van der Waals surface area contributed by atoms with Crippen LogP contribution in [-0.4, -0.2) is 0 Å². The molecule has 0 spiro atoms. The molecule has 1 N–H and O–H groups in total. The van der Waals surface area contributed by atoms with Crippen molar-refractivity contribution in [1.82, 2.24) is 5.32 Å². The van der Waals surface area contributed by atoms with Crippen LogP contribution in [0, 0.1) is 6.92 Å². The molecule has 1 aliphatic carbocycles. The van der Waals surface area contributed by atoms with Gasteiger partial charge in [0.2, 0.25) is 0 Å². The van der Waals surface area contributed by atoms with Crippen LogP contribution < -0.4 is 5.32 Å². The van der Waals surface area contributed by atoms with Crippen LogP contribution in [0.3, 0.4) is 0 Å². The monoisotopic (exact) mass is 257 g/mol. The van der Waals surface area contributed by atoms with Crippen LogP contribution in [-0.2, 0) is 13.1 Å². The number of hydrogen-bond acceptors (Lipinski definition) is 2. The summed E-state index contributed by atoms with van der Waals surface area (Å²) in [4.78, 5) is 0. The van der Waals surface area contributed by atoms with E-state index in [9.17, 15) is 0 Å². The number of aryl methyl sites for hydroxylation is 1. The summed E-state index contributed by atoms with van der Waals surface area (Å²) in [5.74, 6) is 0.862. The van der Waals surface area contributed by atoms with Crippen molar-refractivity contribution in [3.8, 4) is 0 Å². The molecule has 94 valence electrons. The third-order valence-corrected chi connectivity index (χ3v) is 4.54. The van der Waals surface area contributed by atoms with Crippen LogP contribution in [0.15, 0.2) is 35.0 Å². The van der Waals surface area contributed by atoms with E-state index in [0.717, 1.165) is 19.0 Å². The second kappa shape index (κ2) is 5.25. The number of nitrogens with one attached hydrogen (secondary N) is 1. The summed E-state index contributed by atoms with van der Waals surface area (Å²) in [7, 11) is 0. The van der Waals surface area contributed by atoms with Gasteiger partial charge in [0, 0.05) is 13.1 Å². The first-order chi connectivity index (χ1) is 8.83. The molecule has 0 unspecified atom stereocenters. The molecule has 0 saturated heterocycles.